The first kappa shape index (κ1) is 12.2. The van der Waals surface area contributed by atoms with Gasteiger partial charge in [0.1, 0.15) is 5.82 Å². The summed E-state index contributed by atoms with van der Waals surface area (Å²) in [6.45, 7) is 4.30. The van der Waals surface area contributed by atoms with Crippen LogP contribution < -0.4 is 4.90 Å². The molecular formula is C14H17ClN2. The van der Waals surface area contributed by atoms with Gasteiger partial charge in [0, 0.05) is 24.0 Å². The molecule has 0 fully saturated rings. The number of pyridine rings is 1. The van der Waals surface area contributed by atoms with E-state index >= 15 is 0 Å². The Bertz CT molecular complexity index is 523. The fourth-order valence-electron chi connectivity index (χ4n) is 1.80. The lowest BCUT2D eigenvalue weighted by Crippen LogP contribution is -2.27. The Morgan fingerprint density at radius 2 is 2.00 bits per heavy atom. The van der Waals surface area contributed by atoms with Crippen molar-refractivity contribution in [1.29, 1.82) is 0 Å². The third-order valence-electron chi connectivity index (χ3n) is 3.03. The maximum absolute atomic E-state index is 6.01. The minimum Gasteiger partial charge on any atom is -0.357 e. The molecule has 0 aliphatic heterocycles. The minimum absolute atomic E-state index is 0.408. The maximum Gasteiger partial charge on any atom is 0.133 e. The molecule has 2 nitrogen and oxygen atoms in total. The summed E-state index contributed by atoms with van der Waals surface area (Å²) in [6, 6.07) is 10.7. The van der Waals surface area contributed by atoms with Crippen molar-refractivity contribution in [3.63, 3.8) is 0 Å². The zero-order chi connectivity index (χ0) is 12.4. The summed E-state index contributed by atoms with van der Waals surface area (Å²) in [7, 11) is 2.05. The minimum atomic E-state index is 0.408. The van der Waals surface area contributed by atoms with Gasteiger partial charge in [0.05, 0.1) is 11.4 Å². The Morgan fingerprint density at radius 1 is 1.29 bits per heavy atom. The van der Waals surface area contributed by atoms with Gasteiger partial charge in [-0.2, -0.15) is 0 Å². The van der Waals surface area contributed by atoms with E-state index < -0.39 is 0 Å². The third kappa shape index (κ3) is 2.37. The van der Waals surface area contributed by atoms with Crippen molar-refractivity contribution in [3.8, 4) is 0 Å². The normalized spacial score (nSPS) is 11.1. The number of aromatic nitrogens is 1. The Labute approximate surface area is 107 Å². The van der Waals surface area contributed by atoms with Crippen molar-refractivity contribution in [2.24, 2.45) is 0 Å². The van der Waals surface area contributed by atoms with Crippen LogP contribution in [0, 0.1) is 0 Å². The third-order valence-corrected chi connectivity index (χ3v) is 3.32. The van der Waals surface area contributed by atoms with Crippen LogP contribution in [0.4, 0.5) is 5.82 Å². The van der Waals surface area contributed by atoms with E-state index in [1.54, 1.807) is 0 Å². The van der Waals surface area contributed by atoms with Crippen LogP contribution in [0.5, 0.6) is 0 Å². The Kier molecular flexibility index (Phi) is 3.53. The molecule has 0 aliphatic rings. The number of hydrogen-bond acceptors (Lipinski definition) is 2. The first-order valence-electron chi connectivity index (χ1n) is 5.81. The molecule has 0 saturated carbocycles. The molecule has 1 aromatic carbocycles. The number of fused-ring (bicyclic) bond motifs is 1. The molecule has 1 aromatic heterocycles. The van der Waals surface area contributed by atoms with Crippen LogP contribution in [0.3, 0.4) is 0 Å². The second-order valence-electron chi connectivity index (χ2n) is 4.50. The summed E-state index contributed by atoms with van der Waals surface area (Å²) in [5.41, 5.74) is 2.10. The summed E-state index contributed by atoms with van der Waals surface area (Å²) in [6.07, 6.45) is 0. The van der Waals surface area contributed by atoms with Crippen LogP contribution in [0.1, 0.15) is 19.4 Å². The van der Waals surface area contributed by atoms with E-state index in [1.165, 1.54) is 0 Å². The van der Waals surface area contributed by atoms with Gasteiger partial charge in [-0.3, -0.25) is 0 Å². The van der Waals surface area contributed by atoms with Crippen molar-refractivity contribution in [1.82, 2.24) is 4.98 Å². The van der Waals surface area contributed by atoms with Crippen LogP contribution in [-0.4, -0.2) is 18.1 Å². The van der Waals surface area contributed by atoms with Gasteiger partial charge in [0.25, 0.3) is 0 Å². The SMILES string of the molecule is CC(C)N(C)c1nc2ccccc2cc1CCl. The summed E-state index contributed by atoms with van der Waals surface area (Å²) in [5, 5.41) is 1.14. The molecule has 0 N–H and O–H groups in total. The van der Waals surface area contributed by atoms with E-state index in [0.29, 0.717) is 11.9 Å². The molecule has 0 unspecified atom stereocenters. The molecule has 0 amide bonds. The number of alkyl halides is 1. The number of halogens is 1. The number of rotatable bonds is 3. The first-order valence-corrected chi connectivity index (χ1v) is 6.34. The van der Waals surface area contributed by atoms with Crippen molar-refractivity contribution < 1.29 is 0 Å². The smallest absolute Gasteiger partial charge is 0.133 e. The number of nitrogens with zero attached hydrogens (tertiary/aromatic N) is 2. The van der Waals surface area contributed by atoms with E-state index in [-0.39, 0.29) is 0 Å². The number of anilines is 1. The van der Waals surface area contributed by atoms with Gasteiger partial charge < -0.3 is 4.90 Å². The lowest BCUT2D eigenvalue weighted by Gasteiger charge is -2.25. The highest BCUT2D eigenvalue weighted by atomic mass is 35.5. The zero-order valence-corrected chi connectivity index (χ0v) is 11.2. The fraction of sp³-hybridized carbons (Fsp3) is 0.357. The molecule has 3 heteroatoms. The van der Waals surface area contributed by atoms with Crippen LogP contribution in [0.15, 0.2) is 30.3 Å². The summed E-state index contributed by atoms with van der Waals surface area (Å²) in [4.78, 5) is 6.87. The average molecular weight is 249 g/mol. The lowest BCUT2D eigenvalue weighted by atomic mass is 10.1. The van der Waals surface area contributed by atoms with Crippen molar-refractivity contribution in [3.05, 3.63) is 35.9 Å². The largest absolute Gasteiger partial charge is 0.357 e. The quantitative estimate of drug-likeness (QED) is 0.768. The highest BCUT2D eigenvalue weighted by molar-refractivity contribution is 6.17. The molecule has 2 aromatic rings. The Morgan fingerprint density at radius 3 is 2.65 bits per heavy atom. The molecule has 0 aliphatic carbocycles. The van der Waals surface area contributed by atoms with Crippen molar-refractivity contribution >= 4 is 28.3 Å². The highest BCUT2D eigenvalue weighted by Crippen LogP contribution is 2.25. The summed E-state index contributed by atoms with van der Waals surface area (Å²) in [5.74, 6) is 1.47. The number of para-hydroxylation sites is 1. The molecule has 0 bridgehead atoms. The number of benzene rings is 1. The predicted octanol–water partition coefficient (Wildman–Crippen LogP) is 3.82. The van der Waals surface area contributed by atoms with Crippen LogP contribution in [0.2, 0.25) is 0 Å². The fourth-order valence-corrected chi connectivity index (χ4v) is 1.99. The maximum atomic E-state index is 6.01. The predicted molar refractivity (Wildman–Crippen MR) is 74.8 cm³/mol. The molecule has 0 radical (unpaired) electrons. The van der Waals surface area contributed by atoms with Crippen molar-refractivity contribution in [2.75, 3.05) is 11.9 Å². The summed E-state index contributed by atoms with van der Waals surface area (Å²) >= 11 is 6.01. The van der Waals surface area contributed by atoms with Crippen molar-refractivity contribution in [2.45, 2.75) is 25.8 Å². The van der Waals surface area contributed by atoms with Gasteiger partial charge >= 0.3 is 0 Å². The van der Waals surface area contributed by atoms with E-state index in [4.69, 9.17) is 16.6 Å². The van der Waals surface area contributed by atoms with Gasteiger partial charge in [-0.15, -0.1) is 11.6 Å². The molecule has 0 spiro atoms. The van der Waals surface area contributed by atoms with Gasteiger partial charge in [0.2, 0.25) is 0 Å². The number of hydrogen-bond donors (Lipinski definition) is 0. The standard InChI is InChI=1S/C14H17ClN2/c1-10(2)17(3)14-12(9-15)8-11-6-4-5-7-13(11)16-14/h4-8,10H,9H2,1-3H3. The van der Waals surface area contributed by atoms with E-state index in [1.807, 2.05) is 18.2 Å². The topological polar surface area (TPSA) is 16.1 Å². The van der Waals surface area contributed by atoms with Gasteiger partial charge in [-0.05, 0) is 26.0 Å². The molecule has 0 saturated heterocycles. The molecule has 1 heterocycles. The van der Waals surface area contributed by atoms with E-state index in [2.05, 4.69) is 37.9 Å². The average Bonchev–Trinajstić information content (AvgIpc) is 2.36. The Balaban J connectivity index is 2.60. The zero-order valence-electron chi connectivity index (χ0n) is 10.4. The second kappa shape index (κ2) is 4.92. The van der Waals surface area contributed by atoms with E-state index in [9.17, 15) is 0 Å². The molecule has 17 heavy (non-hydrogen) atoms. The molecule has 2 rings (SSSR count). The van der Waals surface area contributed by atoms with Gasteiger partial charge in [0.15, 0.2) is 0 Å². The monoisotopic (exact) mass is 248 g/mol. The van der Waals surface area contributed by atoms with Crippen LogP contribution in [0.25, 0.3) is 10.9 Å². The first-order chi connectivity index (χ1) is 8.13. The van der Waals surface area contributed by atoms with Crippen LogP contribution >= 0.6 is 11.6 Å². The molecular weight excluding hydrogens is 232 g/mol. The highest BCUT2D eigenvalue weighted by Gasteiger charge is 2.12. The lowest BCUT2D eigenvalue weighted by molar-refractivity contribution is 0.742. The molecule has 0 atom stereocenters. The molecule has 90 valence electrons. The van der Waals surface area contributed by atoms with E-state index in [0.717, 1.165) is 22.3 Å². The second-order valence-corrected chi connectivity index (χ2v) is 4.77. The summed E-state index contributed by atoms with van der Waals surface area (Å²) < 4.78 is 0. The van der Waals surface area contributed by atoms with Crippen LogP contribution in [-0.2, 0) is 5.88 Å². The Hall–Kier alpha value is -1.28. The van der Waals surface area contributed by atoms with Gasteiger partial charge in [-0.25, -0.2) is 4.98 Å². The van der Waals surface area contributed by atoms with Gasteiger partial charge in [-0.1, -0.05) is 18.2 Å².